The molecule has 4 nitrogen and oxygen atoms in total. The Labute approximate surface area is 144 Å². The number of aryl methyl sites for hydroxylation is 2. The van der Waals surface area contributed by atoms with Gasteiger partial charge in [0.1, 0.15) is 0 Å². The third-order valence-electron chi connectivity index (χ3n) is 4.94. The van der Waals surface area contributed by atoms with Crippen LogP contribution in [0.4, 0.5) is 0 Å². The fourth-order valence-electron chi connectivity index (χ4n) is 3.71. The molecule has 0 spiro atoms. The molecule has 128 valence electrons. The predicted molar refractivity (Wildman–Crippen MR) is 96.1 cm³/mol. The highest BCUT2D eigenvalue weighted by molar-refractivity contribution is 5.94. The number of likely N-dealkylation sites (tertiary alicyclic amines) is 1. The van der Waals surface area contributed by atoms with Gasteiger partial charge in [-0.25, -0.2) is 0 Å². The molecule has 0 N–H and O–H groups in total. The van der Waals surface area contributed by atoms with E-state index in [1.807, 2.05) is 29.8 Å². The van der Waals surface area contributed by atoms with Gasteiger partial charge in [0.25, 0.3) is 5.91 Å². The highest BCUT2D eigenvalue weighted by Gasteiger charge is 2.31. The highest BCUT2D eigenvalue weighted by atomic mass is 16.2. The van der Waals surface area contributed by atoms with E-state index in [-0.39, 0.29) is 5.91 Å². The first kappa shape index (κ1) is 16.7. The van der Waals surface area contributed by atoms with Crippen LogP contribution >= 0.6 is 0 Å². The number of rotatable bonds is 4. The summed E-state index contributed by atoms with van der Waals surface area (Å²) in [6.45, 7) is 10.1. The van der Waals surface area contributed by atoms with Gasteiger partial charge in [-0.2, -0.15) is 5.10 Å². The second kappa shape index (κ2) is 6.80. The maximum absolute atomic E-state index is 12.9. The fraction of sp³-hybridized carbons (Fsp3) is 0.500. The summed E-state index contributed by atoms with van der Waals surface area (Å²) in [6.07, 6.45) is 2.23. The monoisotopic (exact) mass is 325 g/mol. The first-order chi connectivity index (χ1) is 11.5. The van der Waals surface area contributed by atoms with Crippen LogP contribution < -0.4 is 0 Å². The molecule has 1 atom stereocenters. The molecule has 1 aliphatic rings. The molecule has 0 unspecified atom stereocenters. The molecule has 0 saturated carbocycles. The minimum absolute atomic E-state index is 0.168. The zero-order valence-corrected chi connectivity index (χ0v) is 15.1. The third kappa shape index (κ3) is 3.37. The molecular weight excluding hydrogens is 298 g/mol. The molecule has 1 aliphatic heterocycles. The van der Waals surface area contributed by atoms with E-state index < -0.39 is 0 Å². The number of aromatic nitrogens is 2. The first-order valence-corrected chi connectivity index (χ1v) is 8.86. The van der Waals surface area contributed by atoms with E-state index in [9.17, 15) is 4.79 Å². The van der Waals surface area contributed by atoms with Crippen molar-refractivity contribution in [3.8, 4) is 0 Å². The van der Waals surface area contributed by atoms with Gasteiger partial charge in [0.05, 0.1) is 12.2 Å². The van der Waals surface area contributed by atoms with Crippen molar-refractivity contribution >= 4 is 5.91 Å². The molecular formula is C20H27N3O. The SMILES string of the molecule is Cc1cc(C)n(Cc2cccc(C(=O)N3CCC[C@@H]3C(C)C)c2)n1. The quantitative estimate of drug-likeness (QED) is 0.857. The van der Waals surface area contributed by atoms with Gasteiger partial charge in [-0.05, 0) is 56.4 Å². The number of benzene rings is 1. The molecule has 1 amide bonds. The largest absolute Gasteiger partial charge is 0.335 e. The third-order valence-corrected chi connectivity index (χ3v) is 4.94. The molecule has 1 aromatic carbocycles. The van der Waals surface area contributed by atoms with Crippen molar-refractivity contribution < 1.29 is 4.79 Å². The minimum atomic E-state index is 0.168. The Morgan fingerprint density at radius 2 is 2.08 bits per heavy atom. The van der Waals surface area contributed by atoms with Crippen LogP contribution in [0.2, 0.25) is 0 Å². The van der Waals surface area contributed by atoms with Crippen LogP contribution in [0.15, 0.2) is 30.3 Å². The molecule has 1 saturated heterocycles. The van der Waals surface area contributed by atoms with E-state index in [1.54, 1.807) is 0 Å². The zero-order chi connectivity index (χ0) is 17.3. The van der Waals surface area contributed by atoms with Crippen molar-refractivity contribution in [2.75, 3.05) is 6.54 Å². The van der Waals surface area contributed by atoms with Crippen molar-refractivity contribution in [3.63, 3.8) is 0 Å². The smallest absolute Gasteiger partial charge is 0.254 e. The predicted octanol–water partition coefficient (Wildman–Crippen LogP) is 3.81. The molecule has 0 radical (unpaired) electrons. The molecule has 1 aromatic heterocycles. The van der Waals surface area contributed by atoms with Gasteiger partial charge in [-0.3, -0.25) is 9.48 Å². The fourth-order valence-corrected chi connectivity index (χ4v) is 3.71. The van der Waals surface area contributed by atoms with Crippen LogP contribution in [0.1, 0.15) is 54.0 Å². The van der Waals surface area contributed by atoms with Crippen LogP contribution in [0.5, 0.6) is 0 Å². The lowest BCUT2D eigenvalue weighted by Gasteiger charge is -2.28. The van der Waals surface area contributed by atoms with Crippen molar-refractivity contribution in [2.24, 2.45) is 5.92 Å². The van der Waals surface area contributed by atoms with Gasteiger partial charge in [0, 0.05) is 23.8 Å². The summed E-state index contributed by atoms with van der Waals surface area (Å²) in [5.74, 6) is 0.677. The summed E-state index contributed by atoms with van der Waals surface area (Å²) in [6, 6.07) is 10.5. The summed E-state index contributed by atoms with van der Waals surface area (Å²) >= 11 is 0. The number of hydrogen-bond donors (Lipinski definition) is 0. The van der Waals surface area contributed by atoms with Gasteiger partial charge >= 0.3 is 0 Å². The molecule has 0 bridgehead atoms. The van der Waals surface area contributed by atoms with Crippen molar-refractivity contribution in [3.05, 3.63) is 52.8 Å². The van der Waals surface area contributed by atoms with Crippen molar-refractivity contribution in [1.82, 2.24) is 14.7 Å². The first-order valence-electron chi connectivity index (χ1n) is 8.86. The lowest BCUT2D eigenvalue weighted by molar-refractivity contribution is 0.0701. The lowest BCUT2D eigenvalue weighted by atomic mass is 10.0. The Balaban J connectivity index is 1.80. The number of amides is 1. The average Bonchev–Trinajstić information content (AvgIpc) is 3.14. The second-order valence-electron chi connectivity index (χ2n) is 7.24. The maximum Gasteiger partial charge on any atom is 0.254 e. The summed E-state index contributed by atoms with van der Waals surface area (Å²) in [5.41, 5.74) is 4.08. The molecule has 3 rings (SSSR count). The Bertz CT molecular complexity index is 732. The van der Waals surface area contributed by atoms with Gasteiger partial charge in [0.2, 0.25) is 0 Å². The van der Waals surface area contributed by atoms with Crippen LogP contribution in [-0.4, -0.2) is 33.2 Å². The maximum atomic E-state index is 12.9. The molecule has 2 aromatic rings. The number of carbonyl (C=O) groups is 1. The van der Waals surface area contributed by atoms with Gasteiger partial charge in [-0.1, -0.05) is 26.0 Å². The van der Waals surface area contributed by atoms with Crippen LogP contribution in [0.3, 0.4) is 0 Å². The zero-order valence-electron chi connectivity index (χ0n) is 15.1. The van der Waals surface area contributed by atoms with E-state index in [0.717, 1.165) is 41.9 Å². The normalized spacial score (nSPS) is 17.7. The summed E-state index contributed by atoms with van der Waals surface area (Å²) in [4.78, 5) is 15.0. The lowest BCUT2D eigenvalue weighted by Crippen LogP contribution is -2.38. The molecule has 4 heteroatoms. The molecule has 2 heterocycles. The van der Waals surface area contributed by atoms with Crippen LogP contribution in [0, 0.1) is 19.8 Å². The van der Waals surface area contributed by atoms with E-state index in [1.165, 1.54) is 0 Å². The van der Waals surface area contributed by atoms with E-state index in [4.69, 9.17) is 0 Å². The minimum Gasteiger partial charge on any atom is -0.335 e. The van der Waals surface area contributed by atoms with Crippen molar-refractivity contribution in [1.29, 1.82) is 0 Å². The average molecular weight is 325 g/mol. The number of nitrogens with zero attached hydrogens (tertiary/aromatic N) is 3. The standard InChI is InChI=1S/C20H27N3O/c1-14(2)19-9-6-10-22(19)20(24)18-8-5-7-17(12-18)13-23-16(4)11-15(3)21-23/h5,7-8,11-12,14,19H,6,9-10,13H2,1-4H3/t19-/m1/s1. The topological polar surface area (TPSA) is 38.1 Å². The molecule has 24 heavy (non-hydrogen) atoms. The summed E-state index contributed by atoms with van der Waals surface area (Å²) < 4.78 is 1.99. The Hall–Kier alpha value is -2.10. The van der Waals surface area contributed by atoms with Crippen molar-refractivity contribution in [2.45, 2.75) is 53.1 Å². The van der Waals surface area contributed by atoms with Crippen LogP contribution in [0.25, 0.3) is 0 Å². The van der Waals surface area contributed by atoms with Gasteiger partial charge in [-0.15, -0.1) is 0 Å². The Morgan fingerprint density at radius 3 is 2.75 bits per heavy atom. The Kier molecular flexibility index (Phi) is 4.74. The molecule has 0 aliphatic carbocycles. The summed E-state index contributed by atoms with van der Waals surface area (Å²) in [5, 5.41) is 4.51. The summed E-state index contributed by atoms with van der Waals surface area (Å²) in [7, 11) is 0. The van der Waals surface area contributed by atoms with E-state index in [0.29, 0.717) is 18.5 Å². The van der Waals surface area contributed by atoms with Crippen LogP contribution in [-0.2, 0) is 6.54 Å². The van der Waals surface area contributed by atoms with Gasteiger partial charge in [0.15, 0.2) is 0 Å². The molecule has 1 fully saturated rings. The highest BCUT2D eigenvalue weighted by Crippen LogP contribution is 2.25. The second-order valence-corrected chi connectivity index (χ2v) is 7.24. The Morgan fingerprint density at radius 1 is 1.29 bits per heavy atom. The van der Waals surface area contributed by atoms with E-state index >= 15 is 0 Å². The number of hydrogen-bond acceptors (Lipinski definition) is 2. The van der Waals surface area contributed by atoms with E-state index in [2.05, 4.69) is 42.9 Å². The van der Waals surface area contributed by atoms with Gasteiger partial charge < -0.3 is 4.90 Å². The number of carbonyl (C=O) groups excluding carboxylic acids is 1.